The minimum atomic E-state index is -1.56. The molecule has 1 heterocycles. The number of pyridine rings is 1. The van der Waals surface area contributed by atoms with E-state index in [1.807, 2.05) is 12.1 Å². The Morgan fingerprint density at radius 3 is 2.64 bits per heavy atom. The van der Waals surface area contributed by atoms with E-state index in [9.17, 15) is 0 Å². The highest BCUT2D eigenvalue weighted by molar-refractivity contribution is 6.57. The quantitative estimate of drug-likeness (QED) is 0.672. The fourth-order valence-electron chi connectivity index (χ4n) is 1.27. The molecule has 2 N–H and O–H groups in total. The summed E-state index contributed by atoms with van der Waals surface area (Å²) in [6, 6.07) is 8.71. The van der Waals surface area contributed by atoms with Gasteiger partial charge in [-0.3, -0.25) is 4.98 Å². The van der Waals surface area contributed by atoms with Crippen LogP contribution in [0.1, 0.15) is 0 Å². The molecular weight excluding hydrogens is 200 g/mol. The summed E-state index contributed by atoms with van der Waals surface area (Å²) < 4.78 is 0. The molecular formula is C9H7BClNO2. The minimum absolute atomic E-state index is 0.200. The Morgan fingerprint density at radius 2 is 1.93 bits per heavy atom. The maximum Gasteiger partial charge on any atom is 0.508 e. The highest BCUT2D eigenvalue weighted by atomic mass is 35.5. The van der Waals surface area contributed by atoms with Crippen molar-refractivity contribution < 1.29 is 10.0 Å². The average Bonchev–Trinajstić information content (AvgIpc) is 2.18. The van der Waals surface area contributed by atoms with Gasteiger partial charge in [0, 0.05) is 5.39 Å². The number of aromatic nitrogens is 1. The fourth-order valence-corrected chi connectivity index (χ4v) is 1.49. The Morgan fingerprint density at radius 1 is 1.14 bits per heavy atom. The van der Waals surface area contributed by atoms with Gasteiger partial charge < -0.3 is 10.0 Å². The molecule has 1 aromatic carbocycles. The summed E-state index contributed by atoms with van der Waals surface area (Å²) >= 11 is 5.91. The second-order valence-corrected chi connectivity index (χ2v) is 3.33. The van der Waals surface area contributed by atoms with E-state index < -0.39 is 7.12 Å². The number of benzene rings is 1. The fraction of sp³-hybridized carbons (Fsp3) is 0. The molecule has 0 fully saturated rings. The molecule has 2 aromatic rings. The molecule has 1 aromatic heterocycles. The first-order valence-electron chi connectivity index (χ1n) is 4.10. The van der Waals surface area contributed by atoms with Gasteiger partial charge in [0.05, 0.1) is 16.1 Å². The van der Waals surface area contributed by atoms with Crippen LogP contribution in [0, 0.1) is 0 Å². The number of hydrogen-bond acceptors (Lipinski definition) is 3. The van der Waals surface area contributed by atoms with Gasteiger partial charge in [-0.15, -0.1) is 0 Å². The van der Waals surface area contributed by atoms with Crippen molar-refractivity contribution >= 4 is 35.2 Å². The Bertz CT molecular complexity index is 475. The van der Waals surface area contributed by atoms with Crippen LogP contribution in [-0.4, -0.2) is 22.2 Å². The number of rotatable bonds is 1. The molecule has 0 aliphatic heterocycles. The van der Waals surface area contributed by atoms with Crippen LogP contribution < -0.4 is 5.59 Å². The lowest BCUT2D eigenvalue weighted by Crippen LogP contribution is -2.32. The van der Waals surface area contributed by atoms with Crippen LogP contribution in [-0.2, 0) is 0 Å². The van der Waals surface area contributed by atoms with Gasteiger partial charge in [0.15, 0.2) is 0 Å². The van der Waals surface area contributed by atoms with E-state index in [0.717, 1.165) is 5.39 Å². The second kappa shape index (κ2) is 3.57. The lowest BCUT2D eigenvalue weighted by Gasteiger charge is -2.02. The number of hydrogen-bond donors (Lipinski definition) is 2. The third-order valence-corrected chi connectivity index (χ3v) is 2.26. The molecule has 0 amide bonds. The molecule has 5 heteroatoms. The Balaban J connectivity index is 2.70. The van der Waals surface area contributed by atoms with Crippen molar-refractivity contribution in [1.29, 1.82) is 0 Å². The summed E-state index contributed by atoms with van der Waals surface area (Å²) in [6.45, 7) is 0. The van der Waals surface area contributed by atoms with Gasteiger partial charge >= 0.3 is 7.12 Å². The normalized spacial score (nSPS) is 10.5. The predicted octanol–water partition coefficient (Wildman–Crippen LogP) is 0.568. The van der Waals surface area contributed by atoms with Gasteiger partial charge in [0.2, 0.25) is 0 Å². The van der Waals surface area contributed by atoms with Crippen molar-refractivity contribution in [2.24, 2.45) is 0 Å². The first-order chi connectivity index (χ1) is 6.68. The van der Waals surface area contributed by atoms with E-state index in [4.69, 9.17) is 21.6 Å². The maximum atomic E-state index is 8.92. The Kier molecular flexibility index (Phi) is 2.41. The lowest BCUT2D eigenvalue weighted by atomic mass is 9.85. The molecule has 0 saturated heterocycles. The smallest absolute Gasteiger partial charge is 0.422 e. The van der Waals surface area contributed by atoms with E-state index in [0.29, 0.717) is 10.5 Å². The van der Waals surface area contributed by atoms with Gasteiger partial charge in [-0.2, -0.15) is 0 Å². The van der Waals surface area contributed by atoms with Gasteiger partial charge in [0.1, 0.15) is 0 Å². The zero-order chi connectivity index (χ0) is 10.1. The molecule has 14 heavy (non-hydrogen) atoms. The van der Waals surface area contributed by atoms with Gasteiger partial charge in [-0.1, -0.05) is 29.8 Å². The SMILES string of the molecule is OB(O)c1ccc2cccc(Cl)c2n1. The lowest BCUT2D eigenvalue weighted by molar-refractivity contribution is 0.424. The van der Waals surface area contributed by atoms with E-state index in [2.05, 4.69) is 4.98 Å². The van der Waals surface area contributed by atoms with Crippen molar-refractivity contribution in [3.8, 4) is 0 Å². The number of halogens is 1. The van der Waals surface area contributed by atoms with E-state index in [1.54, 1.807) is 18.2 Å². The van der Waals surface area contributed by atoms with Crippen LogP contribution in [0.3, 0.4) is 0 Å². The van der Waals surface area contributed by atoms with Crippen LogP contribution in [0.2, 0.25) is 5.02 Å². The van der Waals surface area contributed by atoms with Crippen LogP contribution in [0.5, 0.6) is 0 Å². The molecule has 0 bridgehead atoms. The highest BCUT2D eigenvalue weighted by Gasteiger charge is 2.13. The molecule has 3 nitrogen and oxygen atoms in total. The number of para-hydroxylation sites is 1. The summed E-state index contributed by atoms with van der Waals surface area (Å²) in [5.74, 6) is 0. The maximum absolute atomic E-state index is 8.92. The van der Waals surface area contributed by atoms with Crippen molar-refractivity contribution in [1.82, 2.24) is 4.98 Å². The van der Waals surface area contributed by atoms with Crippen molar-refractivity contribution in [2.75, 3.05) is 0 Å². The molecule has 0 atom stereocenters. The zero-order valence-corrected chi connectivity index (χ0v) is 7.94. The molecule has 0 spiro atoms. The van der Waals surface area contributed by atoms with Crippen molar-refractivity contribution in [2.45, 2.75) is 0 Å². The number of fused-ring (bicyclic) bond motifs is 1. The standard InChI is InChI=1S/C9H7BClNO2/c11-7-3-1-2-6-4-5-8(10(13)14)12-9(6)7/h1-5,13-14H. The largest absolute Gasteiger partial charge is 0.508 e. The molecule has 0 aliphatic rings. The van der Waals surface area contributed by atoms with E-state index in [-0.39, 0.29) is 5.59 Å². The minimum Gasteiger partial charge on any atom is -0.422 e. The van der Waals surface area contributed by atoms with Crippen LogP contribution in [0.4, 0.5) is 0 Å². The van der Waals surface area contributed by atoms with Crippen LogP contribution in [0.15, 0.2) is 30.3 Å². The third-order valence-electron chi connectivity index (χ3n) is 1.96. The molecule has 0 saturated carbocycles. The predicted molar refractivity (Wildman–Crippen MR) is 56.6 cm³/mol. The molecule has 2 rings (SSSR count). The number of nitrogens with zero attached hydrogens (tertiary/aromatic N) is 1. The Labute approximate surface area is 86.1 Å². The molecule has 0 unspecified atom stereocenters. The first-order valence-corrected chi connectivity index (χ1v) is 4.47. The third kappa shape index (κ3) is 1.59. The molecule has 70 valence electrons. The average molecular weight is 207 g/mol. The Hall–Kier alpha value is -1.10. The second-order valence-electron chi connectivity index (χ2n) is 2.92. The summed E-state index contributed by atoms with van der Waals surface area (Å²) in [5.41, 5.74) is 0.783. The van der Waals surface area contributed by atoms with E-state index in [1.165, 1.54) is 0 Å². The van der Waals surface area contributed by atoms with Crippen molar-refractivity contribution in [3.63, 3.8) is 0 Å². The highest BCUT2D eigenvalue weighted by Crippen LogP contribution is 2.19. The molecule has 0 aliphatic carbocycles. The van der Waals surface area contributed by atoms with Gasteiger partial charge in [-0.05, 0) is 12.1 Å². The summed E-state index contributed by atoms with van der Waals surface area (Å²) in [5, 5.41) is 19.2. The van der Waals surface area contributed by atoms with Crippen LogP contribution in [0.25, 0.3) is 10.9 Å². The topological polar surface area (TPSA) is 53.4 Å². The van der Waals surface area contributed by atoms with Gasteiger partial charge in [-0.25, -0.2) is 0 Å². The monoisotopic (exact) mass is 207 g/mol. The van der Waals surface area contributed by atoms with E-state index >= 15 is 0 Å². The first kappa shape index (κ1) is 9.46. The summed E-state index contributed by atoms with van der Waals surface area (Å²) in [4.78, 5) is 4.04. The van der Waals surface area contributed by atoms with Crippen molar-refractivity contribution in [3.05, 3.63) is 35.4 Å². The summed E-state index contributed by atoms with van der Waals surface area (Å²) in [7, 11) is -1.56. The van der Waals surface area contributed by atoms with Gasteiger partial charge in [0.25, 0.3) is 0 Å². The van der Waals surface area contributed by atoms with Crippen LogP contribution >= 0.6 is 11.6 Å². The summed E-state index contributed by atoms with van der Waals surface area (Å²) in [6.07, 6.45) is 0. The molecule has 0 radical (unpaired) electrons. The zero-order valence-electron chi connectivity index (χ0n) is 7.18.